The van der Waals surface area contributed by atoms with Gasteiger partial charge in [-0.2, -0.15) is 0 Å². The first-order chi connectivity index (χ1) is 33.5. The van der Waals surface area contributed by atoms with E-state index in [1.807, 2.05) is 0 Å². The van der Waals surface area contributed by atoms with Crippen molar-refractivity contribution in [1.29, 1.82) is 0 Å². The lowest BCUT2D eigenvalue weighted by Gasteiger charge is -2.42. The maximum atomic E-state index is 13.0. The van der Waals surface area contributed by atoms with Crippen LogP contribution in [0.1, 0.15) is 162 Å². The highest BCUT2D eigenvalue weighted by molar-refractivity contribution is 5.70. The van der Waals surface area contributed by atoms with Gasteiger partial charge in [0.1, 0.15) is 55.4 Å². The average Bonchev–Trinajstić information content (AvgIpc) is 3.34. The maximum absolute atomic E-state index is 13.0. The molecule has 0 aromatic heterocycles. The van der Waals surface area contributed by atoms with Gasteiger partial charge >= 0.3 is 11.9 Å². The Kier molecular flexibility index (Phi) is 36.4. The predicted octanol–water partition coefficient (Wildman–Crippen LogP) is 7.43. The van der Waals surface area contributed by atoms with Crippen LogP contribution in [-0.2, 0) is 38.0 Å². The predicted molar refractivity (Wildman–Crippen MR) is 266 cm³/mol. The molecule has 2 heterocycles. The number of rotatable bonds is 39. The van der Waals surface area contributed by atoms with Crippen molar-refractivity contribution in [3.63, 3.8) is 0 Å². The Morgan fingerprint density at radius 3 is 1.42 bits per heavy atom. The minimum atomic E-state index is -1.78. The first kappa shape index (κ1) is 62.1. The first-order valence-electron chi connectivity index (χ1n) is 26.0. The Labute approximate surface area is 412 Å². The molecule has 11 atom stereocenters. The summed E-state index contributed by atoms with van der Waals surface area (Å²) in [6, 6.07) is 0. The average molecular weight is 979 g/mol. The number of carbonyl (C=O) groups excluding carboxylic acids is 2. The molecule has 0 aliphatic carbocycles. The standard InChI is InChI=1S/C54H90O15/c1-3-5-7-9-11-13-15-17-19-20-21-22-23-25-26-28-30-32-34-36-45(56)64-39-42(67-46(57)37-35-33-31-29-27-24-18-16-14-12-10-8-6-4-2)40-65-53-52(63)50(61)48(59)44(69-53)41-66-54-51(62)49(60)47(58)43(38-55)68-54/h10-13,16-19,21-22,25-26,42-44,47-55,58-63H,3-9,14-15,20,23-24,27-41H2,1-2H3/b12-10+,13-11+,18-16+,19-17+,22-21+,26-25+/t42-,43+,44+,47-,48-,49?,50?,51?,52?,53+,54+/m0/s1. The highest BCUT2D eigenvalue weighted by Crippen LogP contribution is 2.26. The normalized spacial score (nSPS) is 26.2. The molecule has 15 heteroatoms. The van der Waals surface area contributed by atoms with Crippen molar-refractivity contribution in [1.82, 2.24) is 0 Å². The van der Waals surface area contributed by atoms with Gasteiger partial charge in [-0.15, -0.1) is 0 Å². The molecular formula is C54H90O15. The Morgan fingerprint density at radius 1 is 0.464 bits per heavy atom. The van der Waals surface area contributed by atoms with Gasteiger partial charge in [0.25, 0.3) is 0 Å². The van der Waals surface area contributed by atoms with E-state index in [2.05, 4.69) is 86.8 Å². The second-order valence-corrected chi connectivity index (χ2v) is 18.0. The summed E-state index contributed by atoms with van der Waals surface area (Å²) >= 11 is 0. The third-order valence-corrected chi connectivity index (χ3v) is 11.9. The number of aliphatic hydroxyl groups is 7. The van der Waals surface area contributed by atoms with E-state index in [-0.39, 0.29) is 19.4 Å². The highest BCUT2D eigenvalue weighted by atomic mass is 16.7. The van der Waals surface area contributed by atoms with Gasteiger partial charge < -0.3 is 64.2 Å². The molecule has 4 unspecified atom stereocenters. The molecule has 0 radical (unpaired) electrons. The van der Waals surface area contributed by atoms with E-state index in [1.165, 1.54) is 32.1 Å². The van der Waals surface area contributed by atoms with Crippen molar-refractivity contribution >= 4 is 11.9 Å². The van der Waals surface area contributed by atoms with Gasteiger partial charge in [0.05, 0.1) is 19.8 Å². The summed E-state index contributed by atoms with van der Waals surface area (Å²) in [5, 5.41) is 72.1. The van der Waals surface area contributed by atoms with Crippen molar-refractivity contribution in [2.45, 2.75) is 229 Å². The highest BCUT2D eigenvalue weighted by Gasteiger charge is 2.47. The zero-order valence-corrected chi connectivity index (χ0v) is 41.8. The molecule has 0 amide bonds. The molecule has 396 valence electrons. The molecule has 2 saturated heterocycles. The largest absolute Gasteiger partial charge is 0.462 e. The molecule has 7 N–H and O–H groups in total. The summed E-state index contributed by atoms with van der Waals surface area (Å²) in [5.41, 5.74) is 0. The van der Waals surface area contributed by atoms with Crippen LogP contribution in [0.15, 0.2) is 72.9 Å². The fourth-order valence-electron chi connectivity index (χ4n) is 7.57. The van der Waals surface area contributed by atoms with Crippen molar-refractivity contribution in [2.24, 2.45) is 0 Å². The van der Waals surface area contributed by atoms with Crippen LogP contribution in [0.4, 0.5) is 0 Å². The minimum Gasteiger partial charge on any atom is -0.462 e. The number of hydrogen-bond acceptors (Lipinski definition) is 15. The molecule has 69 heavy (non-hydrogen) atoms. The summed E-state index contributed by atoms with van der Waals surface area (Å²) in [6.45, 7) is 2.45. The van der Waals surface area contributed by atoms with Gasteiger partial charge in [-0.1, -0.05) is 138 Å². The van der Waals surface area contributed by atoms with E-state index in [1.54, 1.807) is 0 Å². The van der Waals surface area contributed by atoms with E-state index in [9.17, 15) is 45.3 Å². The van der Waals surface area contributed by atoms with Crippen LogP contribution < -0.4 is 0 Å². The molecular weight excluding hydrogens is 889 g/mol. The van der Waals surface area contributed by atoms with Crippen LogP contribution in [-0.4, -0.2) is 142 Å². The SMILES string of the molecule is CCCC/C=C/C/C=C/CCCCCCCC(=O)O[C@@H](COC(=O)CCCCC/C=C/C/C=C/C/C=C/C/C=C/CCCCC)CO[C@@H]1O[C@H](CO[C@@H]2O[C@H](CO)[C@H](O)C(O)C2O)[C@H](O)C(O)C1O. The van der Waals surface area contributed by atoms with Crippen molar-refractivity contribution in [2.75, 3.05) is 26.4 Å². The van der Waals surface area contributed by atoms with E-state index >= 15 is 0 Å². The lowest BCUT2D eigenvalue weighted by molar-refractivity contribution is -0.332. The van der Waals surface area contributed by atoms with Crippen molar-refractivity contribution in [3.05, 3.63) is 72.9 Å². The molecule has 2 rings (SSSR count). The molecule has 0 bridgehead atoms. The number of ether oxygens (including phenoxy) is 6. The number of hydrogen-bond donors (Lipinski definition) is 7. The molecule has 2 fully saturated rings. The van der Waals surface area contributed by atoms with Gasteiger partial charge in [0.2, 0.25) is 0 Å². The second kappa shape index (κ2) is 40.5. The number of esters is 2. The molecule has 2 aliphatic heterocycles. The van der Waals surface area contributed by atoms with Crippen LogP contribution in [0.3, 0.4) is 0 Å². The van der Waals surface area contributed by atoms with Gasteiger partial charge in [-0.3, -0.25) is 9.59 Å². The van der Waals surface area contributed by atoms with Gasteiger partial charge in [0, 0.05) is 12.8 Å². The quantitative estimate of drug-likeness (QED) is 0.0180. The van der Waals surface area contributed by atoms with E-state index in [0.29, 0.717) is 12.8 Å². The smallest absolute Gasteiger partial charge is 0.306 e. The zero-order chi connectivity index (χ0) is 50.3. The lowest BCUT2D eigenvalue weighted by Crippen LogP contribution is -2.61. The van der Waals surface area contributed by atoms with E-state index in [0.717, 1.165) is 89.9 Å². The fourth-order valence-corrected chi connectivity index (χ4v) is 7.57. The number of aliphatic hydroxyl groups excluding tert-OH is 7. The molecule has 0 spiro atoms. The van der Waals surface area contributed by atoms with Crippen LogP contribution in [0.5, 0.6) is 0 Å². The van der Waals surface area contributed by atoms with Gasteiger partial charge in [0.15, 0.2) is 18.7 Å². The Balaban J connectivity index is 1.82. The van der Waals surface area contributed by atoms with Crippen LogP contribution in [0.2, 0.25) is 0 Å². The minimum absolute atomic E-state index is 0.138. The van der Waals surface area contributed by atoms with Crippen molar-refractivity contribution < 1.29 is 73.8 Å². The zero-order valence-electron chi connectivity index (χ0n) is 41.8. The molecule has 15 nitrogen and oxygen atoms in total. The molecule has 0 saturated carbocycles. The van der Waals surface area contributed by atoms with Crippen molar-refractivity contribution in [3.8, 4) is 0 Å². The summed E-state index contributed by atoms with van der Waals surface area (Å²) in [7, 11) is 0. The monoisotopic (exact) mass is 979 g/mol. The number of unbranched alkanes of at least 4 members (excludes halogenated alkanes) is 13. The summed E-state index contributed by atoms with van der Waals surface area (Å²) in [6.07, 6.45) is 30.7. The Morgan fingerprint density at radius 2 is 0.884 bits per heavy atom. The summed E-state index contributed by atoms with van der Waals surface area (Å²) in [5.74, 6) is -0.984. The van der Waals surface area contributed by atoms with Gasteiger partial charge in [-0.25, -0.2) is 0 Å². The first-order valence-corrected chi connectivity index (χ1v) is 26.0. The summed E-state index contributed by atoms with van der Waals surface area (Å²) in [4.78, 5) is 25.8. The Hall–Kier alpha value is -3.06. The van der Waals surface area contributed by atoms with Crippen LogP contribution >= 0.6 is 0 Å². The van der Waals surface area contributed by atoms with Gasteiger partial charge in [-0.05, 0) is 83.5 Å². The molecule has 0 aromatic rings. The second-order valence-electron chi connectivity index (χ2n) is 18.0. The molecule has 2 aliphatic rings. The molecule has 0 aromatic carbocycles. The maximum Gasteiger partial charge on any atom is 0.306 e. The number of allylic oxidation sites excluding steroid dienone is 12. The lowest BCUT2D eigenvalue weighted by atomic mass is 9.98. The van der Waals surface area contributed by atoms with Crippen LogP contribution in [0, 0.1) is 0 Å². The van der Waals surface area contributed by atoms with E-state index < -0.39 is 99.3 Å². The summed E-state index contributed by atoms with van der Waals surface area (Å²) < 4.78 is 33.5. The number of carbonyl (C=O) groups is 2. The Bertz CT molecular complexity index is 1480. The fraction of sp³-hybridized carbons (Fsp3) is 0.741. The van der Waals surface area contributed by atoms with Crippen LogP contribution in [0.25, 0.3) is 0 Å². The topological polar surface area (TPSA) is 231 Å². The third kappa shape index (κ3) is 28.5. The van der Waals surface area contributed by atoms with E-state index in [4.69, 9.17) is 28.4 Å². The third-order valence-electron chi connectivity index (χ3n) is 11.9.